The third-order valence-electron chi connectivity index (χ3n) is 3.12. The minimum absolute atomic E-state index is 1.06. The summed E-state index contributed by atoms with van der Waals surface area (Å²) in [5, 5.41) is 0. The van der Waals surface area contributed by atoms with Crippen molar-refractivity contribution in [2.45, 2.75) is 65.2 Å². The summed E-state index contributed by atoms with van der Waals surface area (Å²) in [5.41, 5.74) is 0. The molecule has 98 valence electrons. The minimum Gasteiger partial charge on any atom is -0.304 e. The molecule has 0 unspecified atom stereocenters. The van der Waals surface area contributed by atoms with Crippen LogP contribution in [0.15, 0.2) is 0 Å². The Morgan fingerprint density at radius 2 is 1.31 bits per heavy atom. The summed E-state index contributed by atoms with van der Waals surface area (Å²) in [5.74, 6) is 1.06. The molecule has 0 aliphatic rings. The summed E-state index contributed by atoms with van der Waals surface area (Å²) in [6.07, 6.45) is 11.0. The average molecular weight is 245 g/mol. The first-order chi connectivity index (χ1) is 7.85. The van der Waals surface area contributed by atoms with E-state index in [0.717, 1.165) is 5.75 Å². The summed E-state index contributed by atoms with van der Waals surface area (Å²) >= 11 is 4.23. The van der Waals surface area contributed by atoms with E-state index in [1.807, 2.05) is 0 Å². The van der Waals surface area contributed by atoms with Crippen LogP contribution in [-0.2, 0) is 0 Å². The predicted molar refractivity (Wildman–Crippen MR) is 78.6 cm³/mol. The third-order valence-corrected chi connectivity index (χ3v) is 3.44. The third kappa shape index (κ3) is 10.8. The van der Waals surface area contributed by atoms with E-state index in [9.17, 15) is 0 Å². The van der Waals surface area contributed by atoms with Crippen molar-refractivity contribution in [3.05, 3.63) is 0 Å². The number of hydrogen-bond donors (Lipinski definition) is 1. The van der Waals surface area contributed by atoms with Gasteiger partial charge in [0.25, 0.3) is 0 Å². The molecule has 0 N–H and O–H groups in total. The Kier molecular flexibility index (Phi) is 13.6. The molecule has 0 amide bonds. The smallest absolute Gasteiger partial charge is 0.00189 e. The van der Waals surface area contributed by atoms with Crippen molar-refractivity contribution in [1.82, 2.24) is 4.90 Å². The lowest BCUT2D eigenvalue weighted by atomic mass is 10.1. The van der Waals surface area contributed by atoms with Crippen LogP contribution in [0, 0.1) is 0 Å². The summed E-state index contributed by atoms with van der Waals surface area (Å²) in [6, 6.07) is 0. The van der Waals surface area contributed by atoms with E-state index in [1.165, 1.54) is 71.0 Å². The topological polar surface area (TPSA) is 3.24 Å². The van der Waals surface area contributed by atoms with E-state index in [-0.39, 0.29) is 0 Å². The zero-order chi connectivity index (χ0) is 12.1. The van der Waals surface area contributed by atoms with E-state index < -0.39 is 0 Å². The van der Waals surface area contributed by atoms with Crippen molar-refractivity contribution in [3.8, 4) is 0 Å². The normalized spacial score (nSPS) is 11.2. The van der Waals surface area contributed by atoms with Crippen LogP contribution in [0.3, 0.4) is 0 Å². The molecule has 0 radical (unpaired) electrons. The molecule has 0 spiro atoms. The molecule has 0 aliphatic carbocycles. The number of nitrogens with zero attached hydrogens (tertiary/aromatic N) is 1. The fourth-order valence-electron chi connectivity index (χ4n) is 2.08. The SMILES string of the molecule is CCCN(CC)CCCCCCCCCS. The zero-order valence-electron chi connectivity index (χ0n) is 11.4. The Morgan fingerprint density at radius 3 is 1.81 bits per heavy atom. The molecule has 0 saturated carbocycles. The van der Waals surface area contributed by atoms with Gasteiger partial charge in [-0.25, -0.2) is 0 Å². The van der Waals surface area contributed by atoms with Gasteiger partial charge >= 0.3 is 0 Å². The lowest BCUT2D eigenvalue weighted by Crippen LogP contribution is -2.25. The Labute approximate surface area is 108 Å². The van der Waals surface area contributed by atoms with Gasteiger partial charge in [0.2, 0.25) is 0 Å². The first-order valence-corrected chi connectivity index (χ1v) is 7.81. The fourth-order valence-corrected chi connectivity index (χ4v) is 2.30. The molecule has 0 aromatic rings. The van der Waals surface area contributed by atoms with Crippen LogP contribution in [0.4, 0.5) is 0 Å². The second kappa shape index (κ2) is 13.4. The van der Waals surface area contributed by atoms with E-state index in [4.69, 9.17) is 0 Å². The van der Waals surface area contributed by atoms with E-state index >= 15 is 0 Å². The van der Waals surface area contributed by atoms with Crippen molar-refractivity contribution in [2.75, 3.05) is 25.4 Å². The molecule has 0 rings (SSSR count). The van der Waals surface area contributed by atoms with Crippen LogP contribution in [0.5, 0.6) is 0 Å². The fraction of sp³-hybridized carbons (Fsp3) is 1.00. The molecule has 0 fully saturated rings. The number of rotatable bonds is 12. The molecule has 0 aromatic carbocycles. The van der Waals surface area contributed by atoms with Crippen molar-refractivity contribution in [2.24, 2.45) is 0 Å². The number of unbranched alkanes of at least 4 members (excludes halogenated alkanes) is 6. The maximum atomic E-state index is 4.23. The van der Waals surface area contributed by atoms with Crippen LogP contribution >= 0.6 is 12.6 Å². The van der Waals surface area contributed by atoms with Gasteiger partial charge in [-0.2, -0.15) is 12.6 Å². The summed E-state index contributed by atoms with van der Waals surface area (Å²) < 4.78 is 0. The van der Waals surface area contributed by atoms with Gasteiger partial charge in [0.15, 0.2) is 0 Å². The van der Waals surface area contributed by atoms with Gasteiger partial charge in [0.05, 0.1) is 0 Å². The molecule has 0 atom stereocenters. The number of thiol groups is 1. The first-order valence-electron chi connectivity index (χ1n) is 7.18. The van der Waals surface area contributed by atoms with Gasteiger partial charge in [-0.1, -0.05) is 46.0 Å². The highest BCUT2D eigenvalue weighted by atomic mass is 32.1. The summed E-state index contributed by atoms with van der Waals surface area (Å²) in [6.45, 7) is 8.34. The standard InChI is InChI=1S/C14H31NS/c1-3-12-15(4-2)13-10-8-6-5-7-9-11-14-16/h16H,3-14H2,1-2H3. The molecule has 0 aliphatic heterocycles. The quantitative estimate of drug-likeness (QED) is 0.394. The Hall–Kier alpha value is 0.310. The van der Waals surface area contributed by atoms with E-state index in [2.05, 4.69) is 31.4 Å². The van der Waals surface area contributed by atoms with Crippen LogP contribution in [0.2, 0.25) is 0 Å². The first kappa shape index (κ1) is 16.3. The maximum absolute atomic E-state index is 4.23. The van der Waals surface area contributed by atoms with Crippen LogP contribution in [0.25, 0.3) is 0 Å². The van der Waals surface area contributed by atoms with Crippen molar-refractivity contribution in [3.63, 3.8) is 0 Å². The molecule has 1 nitrogen and oxygen atoms in total. The van der Waals surface area contributed by atoms with Gasteiger partial charge in [0.1, 0.15) is 0 Å². The van der Waals surface area contributed by atoms with Gasteiger partial charge in [0, 0.05) is 0 Å². The number of hydrogen-bond acceptors (Lipinski definition) is 2. The molecule has 0 aromatic heterocycles. The Morgan fingerprint density at radius 1 is 0.750 bits per heavy atom. The van der Waals surface area contributed by atoms with Crippen LogP contribution in [-0.4, -0.2) is 30.3 Å². The van der Waals surface area contributed by atoms with Crippen molar-refractivity contribution in [1.29, 1.82) is 0 Å². The predicted octanol–water partition coefficient (Wildman–Crippen LogP) is 4.38. The molecular weight excluding hydrogens is 214 g/mol. The van der Waals surface area contributed by atoms with Crippen molar-refractivity contribution >= 4 is 12.6 Å². The van der Waals surface area contributed by atoms with Crippen molar-refractivity contribution < 1.29 is 0 Å². The van der Waals surface area contributed by atoms with Crippen LogP contribution < -0.4 is 0 Å². The monoisotopic (exact) mass is 245 g/mol. The highest BCUT2D eigenvalue weighted by Gasteiger charge is 1.99. The highest BCUT2D eigenvalue weighted by Crippen LogP contribution is 2.08. The zero-order valence-corrected chi connectivity index (χ0v) is 12.3. The molecule has 0 saturated heterocycles. The van der Waals surface area contributed by atoms with Gasteiger partial charge < -0.3 is 4.90 Å². The van der Waals surface area contributed by atoms with Gasteiger partial charge in [-0.3, -0.25) is 0 Å². The summed E-state index contributed by atoms with van der Waals surface area (Å²) in [4.78, 5) is 2.57. The largest absolute Gasteiger partial charge is 0.304 e. The molecular formula is C14H31NS. The second-order valence-corrected chi connectivity index (χ2v) is 5.08. The second-order valence-electron chi connectivity index (χ2n) is 4.63. The average Bonchev–Trinajstić information content (AvgIpc) is 2.31. The van der Waals surface area contributed by atoms with Crippen LogP contribution in [0.1, 0.15) is 65.2 Å². The lowest BCUT2D eigenvalue weighted by molar-refractivity contribution is 0.281. The van der Waals surface area contributed by atoms with E-state index in [0.29, 0.717) is 0 Å². The van der Waals surface area contributed by atoms with E-state index in [1.54, 1.807) is 0 Å². The minimum atomic E-state index is 1.06. The Bertz CT molecular complexity index is 128. The summed E-state index contributed by atoms with van der Waals surface area (Å²) in [7, 11) is 0. The molecule has 0 heterocycles. The Balaban J connectivity index is 3.12. The molecule has 16 heavy (non-hydrogen) atoms. The highest BCUT2D eigenvalue weighted by molar-refractivity contribution is 7.80. The lowest BCUT2D eigenvalue weighted by Gasteiger charge is -2.19. The molecule has 0 bridgehead atoms. The molecule has 2 heteroatoms. The van der Waals surface area contributed by atoms with Gasteiger partial charge in [-0.05, 0) is 44.6 Å². The maximum Gasteiger partial charge on any atom is -0.00189 e. The van der Waals surface area contributed by atoms with Gasteiger partial charge in [-0.15, -0.1) is 0 Å².